The van der Waals surface area contributed by atoms with Crippen LogP contribution >= 0.6 is 11.6 Å². The molecule has 1 aliphatic heterocycles. The number of aromatic nitrogens is 4. The maximum atomic E-state index is 6.25. The molecule has 0 spiro atoms. The molecule has 0 N–H and O–H groups in total. The minimum atomic E-state index is 0.375. The van der Waals surface area contributed by atoms with Gasteiger partial charge in [0, 0.05) is 18.7 Å². The van der Waals surface area contributed by atoms with E-state index >= 15 is 0 Å². The van der Waals surface area contributed by atoms with Crippen molar-refractivity contribution in [2.24, 2.45) is 11.3 Å². The molecule has 1 fully saturated rings. The smallest absolute Gasteiger partial charge is 0.255 e. The Bertz CT molecular complexity index is 650. The van der Waals surface area contributed by atoms with Crippen LogP contribution in [0.4, 0.5) is 5.82 Å². The first kappa shape index (κ1) is 14.6. The van der Waals surface area contributed by atoms with Crippen molar-refractivity contribution in [2.45, 2.75) is 40.5 Å². The zero-order valence-corrected chi connectivity index (χ0v) is 13.9. The van der Waals surface area contributed by atoms with E-state index in [1.165, 1.54) is 19.2 Å². The van der Waals surface area contributed by atoms with Gasteiger partial charge in [-0.15, -0.1) is 0 Å². The molecule has 1 saturated heterocycles. The van der Waals surface area contributed by atoms with Gasteiger partial charge in [-0.3, -0.25) is 0 Å². The van der Waals surface area contributed by atoms with Crippen molar-refractivity contribution in [1.29, 1.82) is 0 Å². The molecule has 5 nitrogen and oxygen atoms in total. The largest absolute Gasteiger partial charge is 0.356 e. The second-order valence-corrected chi connectivity index (χ2v) is 7.31. The van der Waals surface area contributed by atoms with Crippen molar-refractivity contribution in [3.8, 4) is 0 Å². The summed E-state index contributed by atoms with van der Waals surface area (Å²) in [5.41, 5.74) is 1.35. The van der Waals surface area contributed by atoms with E-state index in [2.05, 4.69) is 40.7 Å². The first-order valence-electron chi connectivity index (χ1n) is 7.48. The third-order valence-electron chi connectivity index (χ3n) is 4.59. The number of hydrogen-bond donors (Lipinski definition) is 0. The summed E-state index contributed by atoms with van der Waals surface area (Å²) >= 11 is 6.25. The van der Waals surface area contributed by atoms with E-state index in [0.29, 0.717) is 16.3 Å². The van der Waals surface area contributed by atoms with Gasteiger partial charge < -0.3 is 4.90 Å². The van der Waals surface area contributed by atoms with Gasteiger partial charge >= 0.3 is 0 Å². The van der Waals surface area contributed by atoms with E-state index in [1.54, 1.807) is 4.52 Å². The summed E-state index contributed by atoms with van der Waals surface area (Å²) < 4.78 is 1.80. The molecule has 0 aliphatic carbocycles. The maximum Gasteiger partial charge on any atom is 0.255 e. The van der Waals surface area contributed by atoms with Crippen molar-refractivity contribution in [2.75, 3.05) is 18.0 Å². The zero-order chi connectivity index (χ0) is 15.2. The number of piperidine rings is 1. The Kier molecular flexibility index (Phi) is 3.56. The lowest BCUT2D eigenvalue weighted by Crippen LogP contribution is -2.39. The molecule has 0 amide bonds. The molecule has 6 heteroatoms. The van der Waals surface area contributed by atoms with E-state index < -0.39 is 0 Å². The van der Waals surface area contributed by atoms with Gasteiger partial charge in [-0.05, 0) is 31.1 Å². The number of rotatable bonds is 1. The average molecular weight is 308 g/mol. The minimum absolute atomic E-state index is 0.375. The summed E-state index contributed by atoms with van der Waals surface area (Å²) in [6.45, 7) is 11.0. The Morgan fingerprint density at radius 1 is 1.24 bits per heavy atom. The highest BCUT2D eigenvalue weighted by Gasteiger charge is 2.30. The molecule has 21 heavy (non-hydrogen) atoms. The normalized spacial score (nSPS) is 17.7. The van der Waals surface area contributed by atoms with Crippen molar-refractivity contribution >= 4 is 23.2 Å². The zero-order valence-electron chi connectivity index (χ0n) is 13.1. The van der Waals surface area contributed by atoms with Crippen molar-refractivity contribution in [3.05, 3.63) is 17.0 Å². The van der Waals surface area contributed by atoms with Gasteiger partial charge in [-0.2, -0.15) is 19.6 Å². The molecule has 0 radical (unpaired) electrons. The van der Waals surface area contributed by atoms with Crippen LogP contribution in [0, 0.1) is 18.3 Å². The second kappa shape index (κ2) is 5.13. The minimum Gasteiger partial charge on any atom is -0.356 e. The monoisotopic (exact) mass is 307 g/mol. The number of anilines is 1. The molecule has 2 aromatic rings. The summed E-state index contributed by atoms with van der Waals surface area (Å²) in [5.74, 6) is 2.37. The Morgan fingerprint density at radius 2 is 1.90 bits per heavy atom. The van der Waals surface area contributed by atoms with E-state index in [0.717, 1.165) is 30.4 Å². The predicted molar refractivity (Wildman–Crippen MR) is 84.9 cm³/mol. The Balaban J connectivity index is 1.92. The Hall–Kier alpha value is -1.36. The summed E-state index contributed by atoms with van der Waals surface area (Å²) in [4.78, 5) is 10.8. The van der Waals surface area contributed by atoms with Crippen molar-refractivity contribution < 1.29 is 0 Å². The first-order valence-corrected chi connectivity index (χ1v) is 7.86. The fourth-order valence-corrected chi connectivity index (χ4v) is 3.37. The molecule has 1 aliphatic rings. The number of fused-ring (bicyclic) bond motifs is 1. The highest BCUT2D eigenvalue weighted by molar-refractivity contribution is 6.30. The van der Waals surface area contributed by atoms with Gasteiger partial charge in [0.15, 0.2) is 0 Å². The number of hydrogen-bond acceptors (Lipinski definition) is 4. The van der Waals surface area contributed by atoms with Crippen LogP contribution in [-0.2, 0) is 0 Å². The Morgan fingerprint density at radius 3 is 2.52 bits per heavy atom. The van der Waals surface area contributed by atoms with Crippen LogP contribution in [0.5, 0.6) is 0 Å². The van der Waals surface area contributed by atoms with Crippen LogP contribution in [0.15, 0.2) is 6.33 Å². The molecule has 3 rings (SSSR count). The lowest BCUT2D eigenvalue weighted by molar-refractivity contribution is 0.198. The second-order valence-electron chi connectivity index (χ2n) is 6.95. The molecule has 114 valence electrons. The fraction of sp³-hybridized carbons (Fsp3) is 0.667. The van der Waals surface area contributed by atoms with Crippen LogP contribution < -0.4 is 4.90 Å². The molecular formula is C15H22ClN5. The summed E-state index contributed by atoms with van der Waals surface area (Å²) in [6.07, 6.45) is 3.92. The number of halogens is 1. The molecule has 2 aromatic heterocycles. The van der Waals surface area contributed by atoms with Crippen LogP contribution in [0.3, 0.4) is 0 Å². The number of nitrogens with zero attached hydrogens (tertiary/aromatic N) is 5. The van der Waals surface area contributed by atoms with Crippen LogP contribution in [0.25, 0.3) is 5.78 Å². The fourth-order valence-electron chi connectivity index (χ4n) is 3.21. The quantitative estimate of drug-likeness (QED) is 0.758. The van der Waals surface area contributed by atoms with E-state index in [4.69, 9.17) is 11.6 Å². The van der Waals surface area contributed by atoms with Gasteiger partial charge in [0.05, 0.1) is 0 Å². The molecule has 0 unspecified atom stereocenters. The third kappa shape index (κ3) is 2.59. The molecule has 0 saturated carbocycles. The predicted octanol–water partition coefficient (Wildman–Crippen LogP) is 3.35. The molecule has 0 bridgehead atoms. The summed E-state index contributed by atoms with van der Waals surface area (Å²) in [6, 6.07) is 0. The molecule has 0 atom stereocenters. The summed E-state index contributed by atoms with van der Waals surface area (Å²) in [5, 5.41) is 4.82. The third-order valence-corrected chi connectivity index (χ3v) is 4.96. The van der Waals surface area contributed by atoms with Gasteiger partial charge in [-0.25, -0.2) is 0 Å². The highest BCUT2D eigenvalue weighted by Crippen LogP contribution is 2.36. The average Bonchev–Trinajstić information content (AvgIpc) is 2.87. The Labute approximate surface area is 130 Å². The lowest BCUT2D eigenvalue weighted by Gasteiger charge is -2.40. The molecule has 0 aromatic carbocycles. The van der Waals surface area contributed by atoms with E-state index in [-0.39, 0.29) is 0 Å². The standard InChI is InChI=1S/C15H22ClN5/c1-10-12(16)19-14-17-9-18-21(14)13(10)20-7-5-11(6-8-20)15(2,3)4/h9,11H,5-8H2,1-4H3. The summed E-state index contributed by atoms with van der Waals surface area (Å²) in [7, 11) is 0. The van der Waals surface area contributed by atoms with E-state index in [1.807, 2.05) is 6.92 Å². The van der Waals surface area contributed by atoms with Crippen molar-refractivity contribution in [1.82, 2.24) is 19.6 Å². The van der Waals surface area contributed by atoms with Gasteiger partial charge in [0.25, 0.3) is 5.78 Å². The van der Waals surface area contributed by atoms with E-state index in [9.17, 15) is 0 Å². The van der Waals surface area contributed by atoms with Crippen molar-refractivity contribution in [3.63, 3.8) is 0 Å². The molecular weight excluding hydrogens is 286 g/mol. The van der Waals surface area contributed by atoms with Crippen LogP contribution in [0.2, 0.25) is 5.15 Å². The van der Waals surface area contributed by atoms with Crippen LogP contribution in [-0.4, -0.2) is 32.7 Å². The first-order chi connectivity index (χ1) is 9.88. The topological polar surface area (TPSA) is 46.3 Å². The van der Waals surface area contributed by atoms with Crippen LogP contribution in [0.1, 0.15) is 39.2 Å². The van der Waals surface area contributed by atoms with Gasteiger partial charge in [-0.1, -0.05) is 32.4 Å². The maximum absolute atomic E-state index is 6.25. The van der Waals surface area contributed by atoms with Gasteiger partial charge in [0.2, 0.25) is 0 Å². The molecule has 3 heterocycles. The highest BCUT2D eigenvalue weighted by atomic mass is 35.5. The van der Waals surface area contributed by atoms with Gasteiger partial charge in [0.1, 0.15) is 17.3 Å². The lowest BCUT2D eigenvalue weighted by atomic mass is 9.75. The SMILES string of the molecule is Cc1c(Cl)nc2ncnn2c1N1CCC(C(C)(C)C)CC1.